The van der Waals surface area contributed by atoms with Crippen molar-refractivity contribution >= 4 is 12.0 Å². The maximum Gasteiger partial charge on any atom is 0.331 e. The molecule has 0 spiro atoms. The predicted octanol–water partition coefficient (Wildman–Crippen LogP) is 4.77. The van der Waals surface area contributed by atoms with Crippen LogP contribution in [0.5, 0.6) is 5.75 Å². The van der Waals surface area contributed by atoms with E-state index in [4.69, 9.17) is 4.74 Å². The first-order valence-corrected chi connectivity index (χ1v) is 7.71. The van der Waals surface area contributed by atoms with E-state index in [1.807, 2.05) is 24.3 Å². The molecule has 1 N–H and O–H groups in total. The number of aliphatic carboxylic acids is 1. The molecule has 0 saturated carbocycles. The van der Waals surface area contributed by atoms with E-state index in [-0.39, 0.29) is 5.92 Å². The van der Waals surface area contributed by atoms with Gasteiger partial charge in [0.2, 0.25) is 0 Å². The average molecular weight is 290 g/mol. The minimum atomic E-state index is -0.811. The van der Waals surface area contributed by atoms with Gasteiger partial charge in [-0.05, 0) is 42.5 Å². The molecule has 116 valence electrons. The van der Waals surface area contributed by atoms with Crippen LogP contribution < -0.4 is 4.74 Å². The Bertz CT molecular complexity index is 460. The summed E-state index contributed by atoms with van der Waals surface area (Å²) in [5, 5.41) is 9.50. The summed E-state index contributed by atoms with van der Waals surface area (Å²) in [6.07, 6.45) is 6.99. The van der Waals surface area contributed by atoms with Crippen molar-refractivity contribution in [3.63, 3.8) is 0 Å². The largest absolute Gasteiger partial charge is 0.497 e. The van der Waals surface area contributed by atoms with Crippen molar-refractivity contribution in [2.45, 2.75) is 46.0 Å². The highest BCUT2D eigenvalue weighted by Gasteiger charge is 2.18. The van der Waals surface area contributed by atoms with Gasteiger partial charge in [-0.3, -0.25) is 0 Å². The number of carboxylic acid groups (broad SMARTS) is 1. The highest BCUT2D eigenvalue weighted by molar-refractivity contribution is 5.92. The van der Waals surface area contributed by atoms with Crippen molar-refractivity contribution in [1.29, 1.82) is 0 Å². The number of unbranched alkanes of at least 4 members (excludes halogenated alkanes) is 2. The first-order chi connectivity index (χ1) is 10.1. The van der Waals surface area contributed by atoms with E-state index in [9.17, 15) is 9.90 Å². The van der Waals surface area contributed by atoms with Crippen LogP contribution in [0.25, 0.3) is 6.08 Å². The van der Waals surface area contributed by atoms with Gasteiger partial charge in [0.15, 0.2) is 0 Å². The number of ether oxygens (including phenoxy) is 1. The van der Waals surface area contributed by atoms with E-state index >= 15 is 0 Å². The highest BCUT2D eigenvalue weighted by atomic mass is 16.5. The smallest absolute Gasteiger partial charge is 0.331 e. The van der Waals surface area contributed by atoms with Crippen molar-refractivity contribution in [2.75, 3.05) is 7.11 Å². The van der Waals surface area contributed by atoms with Crippen LogP contribution in [-0.2, 0) is 4.79 Å². The molecule has 3 nitrogen and oxygen atoms in total. The molecule has 3 heteroatoms. The maximum absolute atomic E-state index is 11.6. The summed E-state index contributed by atoms with van der Waals surface area (Å²) in [6, 6.07) is 7.48. The summed E-state index contributed by atoms with van der Waals surface area (Å²) in [7, 11) is 1.62. The minimum absolute atomic E-state index is 0.121. The number of benzene rings is 1. The van der Waals surface area contributed by atoms with Gasteiger partial charge in [0, 0.05) is 5.57 Å². The topological polar surface area (TPSA) is 46.5 Å². The van der Waals surface area contributed by atoms with Gasteiger partial charge in [-0.1, -0.05) is 45.2 Å². The Kier molecular flexibility index (Phi) is 7.59. The highest BCUT2D eigenvalue weighted by Crippen LogP contribution is 2.25. The Hall–Kier alpha value is -1.77. The van der Waals surface area contributed by atoms with Gasteiger partial charge in [-0.25, -0.2) is 4.79 Å². The molecule has 0 amide bonds. The van der Waals surface area contributed by atoms with Crippen LogP contribution in [-0.4, -0.2) is 18.2 Å². The van der Waals surface area contributed by atoms with Crippen LogP contribution in [0.15, 0.2) is 29.8 Å². The SMILES string of the molecule is CCCCCC(CC)/C(=C\c1ccc(OC)cc1)C(=O)O. The van der Waals surface area contributed by atoms with Crippen LogP contribution in [0.2, 0.25) is 0 Å². The molecule has 0 fully saturated rings. The molecule has 1 aromatic carbocycles. The lowest BCUT2D eigenvalue weighted by Gasteiger charge is -2.16. The maximum atomic E-state index is 11.6. The van der Waals surface area contributed by atoms with Crippen molar-refractivity contribution in [3.8, 4) is 5.75 Å². The van der Waals surface area contributed by atoms with Gasteiger partial charge in [0.05, 0.1) is 7.11 Å². The number of methoxy groups -OCH3 is 1. The fourth-order valence-corrected chi connectivity index (χ4v) is 2.45. The third-order valence-corrected chi connectivity index (χ3v) is 3.77. The second kappa shape index (κ2) is 9.22. The van der Waals surface area contributed by atoms with Crippen LogP contribution in [0.4, 0.5) is 0 Å². The standard InChI is InChI=1S/C18H26O3/c1-4-6-7-8-15(5-2)17(18(19)20)13-14-9-11-16(21-3)12-10-14/h9-13,15H,4-8H2,1-3H3,(H,19,20)/b17-13+. The monoisotopic (exact) mass is 290 g/mol. The Morgan fingerprint density at radius 2 is 1.90 bits per heavy atom. The Morgan fingerprint density at radius 3 is 2.38 bits per heavy atom. The normalized spacial score (nSPS) is 13.0. The Morgan fingerprint density at radius 1 is 1.24 bits per heavy atom. The lowest BCUT2D eigenvalue weighted by molar-refractivity contribution is -0.133. The van der Waals surface area contributed by atoms with Crippen LogP contribution in [0.1, 0.15) is 51.5 Å². The predicted molar refractivity (Wildman–Crippen MR) is 86.5 cm³/mol. The number of carbonyl (C=O) groups is 1. The van der Waals surface area contributed by atoms with E-state index in [1.54, 1.807) is 13.2 Å². The fourth-order valence-electron chi connectivity index (χ4n) is 2.45. The van der Waals surface area contributed by atoms with Crippen molar-refractivity contribution in [3.05, 3.63) is 35.4 Å². The fraction of sp³-hybridized carbons (Fsp3) is 0.500. The van der Waals surface area contributed by atoms with Crippen molar-refractivity contribution < 1.29 is 14.6 Å². The number of hydrogen-bond acceptors (Lipinski definition) is 2. The molecule has 1 rings (SSSR count). The molecule has 0 saturated heterocycles. The summed E-state index contributed by atoms with van der Waals surface area (Å²) >= 11 is 0. The molecule has 21 heavy (non-hydrogen) atoms. The second-order valence-electron chi connectivity index (χ2n) is 5.28. The zero-order chi connectivity index (χ0) is 15.7. The zero-order valence-electron chi connectivity index (χ0n) is 13.3. The molecule has 0 aliphatic rings. The van der Waals surface area contributed by atoms with Gasteiger partial charge < -0.3 is 9.84 Å². The van der Waals surface area contributed by atoms with Gasteiger partial charge >= 0.3 is 5.97 Å². The summed E-state index contributed by atoms with van der Waals surface area (Å²) < 4.78 is 5.12. The quantitative estimate of drug-likeness (QED) is 0.526. The number of carboxylic acids is 1. The van der Waals surface area contributed by atoms with Gasteiger partial charge in [0.1, 0.15) is 5.75 Å². The molecular formula is C18H26O3. The first-order valence-electron chi connectivity index (χ1n) is 7.71. The summed E-state index contributed by atoms with van der Waals surface area (Å²) in [6.45, 7) is 4.22. The minimum Gasteiger partial charge on any atom is -0.497 e. The van der Waals surface area contributed by atoms with Crippen molar-refractivity contribution in [1.82, 2.24) is 0 Å². The Balaban J connectivity index is 2.91. The first kappa shape index (κ1) is 17.3. The van der Waals surface area contributed by atoms with Gasteiger partial charge in [-0.2, -0.15) is 0 Å². The van der Waals surface area contributed by atoms with E-state index < -0.39 is 5.97 Å². The summed E-state index contributed by atoms with van der Waals surface area (Å²) in [4.78, 5) is 11.6. The molecule has 1 aromatic rings. The Labute approximate surface area is 127 Å². The van der Waals surface area contributed by atoms with E-state index in [1.165, 1.54) is 0 Å². The summed E-state index contributed by atoms with van der Waals surface area (Å²) in [5.41, 5.74) is 1.42. The van der Waals surface area contributed by atoms with E-state index in [0.29, 0.717) is 5.57 Å². The van der Waals surface area contributed by atoms with Gasteiger partial charge in [0.25, 0.3) is 0 Å². The second-order valence-corrected chi connectivity index (χ2v) is 5.28. The number of rotatable bonds is 9. The van der Waals surface area contributed by atoms with Crippen LogP contribution in [0, 0.1) is 5.92 Å². The van der Waals surface area contributed by atoms with E-state index in [2.05, 4.69) is 13.8 Å². The molecule has 0 aliphatic heterocycles. The molecule has 1 unspecified atom stereocenters. The van der Waals surface area contributed by atoms with Gasteiger partial charge in [-0.15, -0.1) is 0 Å². The molecular weight excluding hydrogens is 264 g/mol. The zero-order valence-corrected chi connectivity index (χ0v) is 13.3. The lowest BCUT2D eigenvalue weighted by Crippen LogP contribution is -2.12. The van der Waals surface area contributed by atoms with Crippen molar-refractivity contribution in [2.24, 2.45) is 5.92 Å². The lowest BCUT2D eigenvalue weighted by atomic mass is 9.89. The van der Waals surface area contributed by atoms with E-state index in [0.717, 1.165) is 43.4 Å². The average Bonchev–Trinajstić information content (AvgIpc) is 2.50. The third kappa shape index (κ3) is 5.62. The number of hydrogen-bond donors (Lipinski definition) is 1. The molecule has 1 atom stereocenters. The summed E-state index contributed by atoms with van der Waals surface area (Å²) in [5.74, 6) is 0.0873. The van der Waals surface area contributed by atoms with Crippen LogP contribution in [0.3, 0.4) is 0 Å². The molecule has 0 radical (unpaired) electrons. The molecule has 0 aliphatic carbocycles. The third-order valence-electron chi connectivity index (χ3n) is 3.77. The molecule has 0 aromatic heterocycles. The van der Waals surface area contributed by atoms with Crippen LogP contribution >= 0.6 is 0 Å². The molecule has 0 bridgehead atoms. The molecule has 0 heterocycles.